The van der Waals surface area contributed by atoms with Crippen molar-refractivity contribution < 1.29 is 9.47 Å². The van der Waals surface area contributed by atoms with Gasteiger partial charge in [-0.1, -0.05) is 0 Å². The summed E-state index contributed by atoms with van der Waals surface area (Å²) in [7, 11) is 0. The molecule has 1 aliphatic heterocycles. The highest BCUT2D eigenvalue weighted by Gasteiger charge is 2.27. The topological polar surface area (TPSA) is 76.2 Å². The van der Waals surface area contributed by atoms with Crippen LogP contribution >= 0.6 is 0 Å². The molecule has 6 nitrogen and oxygen atoms in total. The van der Waals surface area contributed by atoms with Gasteiger partial charge in [-0.15, -0.1) is 0 Å². The van der Waals surface area contributed by atoms with Crippen molar-refractivity contribution in [3.63, 3.8) is 0 Å². The molecule has 3 rings (SSSR count). The highest BCUT2D eigenvalue weighted by molar-refractivity contribution is 5.14. The Labute approximate surface area is 111 Å². The minimum Gasteiger partial charge on any atom is -0.475 e. The number of nitrogens with zero attached hydrogens (tertiary/aromatic N) is 1. The number of aromatic amines is 1. The molecule has 2 fully saturated rings. The summed E-state index contributed by atoms with van der Waals surface area (Å²) in [5, 5.41) is 3.28. The van der Waals surface area contributed by atoms with E-state index in [1.54, 1.807) is 0 Å². The van der Waals surface area contributed by atoms with Crippen LogP contribution in [0.5, 0.6) is 5.88 Å². The molecule has 2 unspecified atom stereocenters. The fourth-order valence-electron chi connectivity index (χ4n) is 2.23. The molecule has 2 N–H and O–H groups in total. The Morgan fingerprint density at radius 3 is 3.05 bits per heavy atom. The summed E-state index contributed by atoms with van der Waals surface area (Å²) >= 11 is 0. The Balaban J connectivity index is 1.61. The first-order chi connectivity index (χ1) is 9.20. The fourth-order valence-corrected chi connectivity index (χ4v) is 2.23. The lowest BCUT2D eigenvalue weighted by Crippen LogP contribution is -2.45. The average molecular weight is 265 g/mol. The highest BCUT2D eigenvalue weighted by Crippen LogP contribution is 2.37. The minimum absolute atomic E-state index is 0.00853. The Hall–Kier alpha value is -1.40. The van der Waals surface area contributed by atoms with Gasteiger partial charge >= 0.3 is 0 Å². The molecule has 1 aromatic rings. The standard InChI is InChI=1S/C13H19N3O3/c1-8-5-14-6-10(19-8)7-18-12-4-11(17)15-13(16-12)9-2-3-9/h4,8-10,14H,2-3,5-7H2,1H3,(H,15,16,17). The van der Waals surface area contributed by atoms with Crippen LogP contribution in [0, 0.1) is 0 Å². The molecule has 1 aliphatic carbocycles. The normalized spacial score (nSPS) is 27.2. The number of ether oxygens (including phenoxy) is 2. The summed E-state index contributed by atoms with van der Waals surface area (Å²) in [5.74, 6) is 1.55. The highest BCUT2D eigenvalue weighted by atomic mass is 16.5. The summed E-state index contributed by atoms with van der Waals surface area (Å²) in [6.45, 7) is 4.07. The number of H-pyrrole nitrogens is 1. The van der Waals surface area contributed by atoms with Gasteiger partial charge in [0.05, 0.1) is 12.2 Å². The van der Waals surface area contributed by atoms with Crippen molar-refractivity contribution in [1.82, 2.24) is 15.3 Å². The lowest BCUT2D eigenvalue weighted by molar-refractivity contribution is -0.0477. The van der Waals surface area contributed by atoms with Crippen molar-refractivity contribution in [3.05, 3.63) is 22.2 Å². The first-order valence-electron chi connectivity index (χ1n) is 6.81. The number of aromatic nitrogens is 2. The minimum atomic E-state index is -0.150. The van der Waals surface area contributed by atoms with Gasteiger partial charge in [0.15, 0.2) is 0 Å². The molecule has 1 saturated carbocycles. The van der Waals surface area contributed by atoms with E-state index in [4.69, 9.17) is 9.47 Å². The quantitative estimate of drug-likeness (QED) is 0.824. The SMILES string of the molecule is CC1CNCC(COc2cc(=O)[nH]c(C3CC3)n2)O1. The van der Waals surface area contributed by atoms with E-state index in [1.165, 1.54) is 6.07 Å². The van der Waals surface area contributed by atoms with Crippen LogP contribution in [0.15, 0.2) is 10.9 Å². The summed E-state index contributed by atoms with van der Waals surface area (Å²) in [6.07, 6.45) is 2.39. The molecule has 0 spiro atoms. The van der Waals surface area contributed by atoms with Crippen LogP contribution in [0.25, 0.3) is 0 Å². The molecular weight excluding hydrogens is 246 g/mol. The Kier molecular flexibility index (Phi) is 3.52. The molecule has 19 heavy (non-hydrogen) atoms. The van der Waals surface area contributed by atoms with E-state index >= 15 is 0 Å². The summed E-state index contributed by atoms with van der Waals surface area (Å²) in [6, 6.07) is 1.39. The lowest BCUT2D eigenvalue weighted by atomic mass is 10.2. The first-order valence-corrected chi connectivity index (χ1v) is 6.81. The fraction of sp³-hybridized carbons (Fsp3) is 0.692. The first kappa shape index (κ1) is 12.6. The Morgan fingerprint density at radius 1 is 1.47 bits per heavy atom. The maximum absolute atomic E-state index is 11.5. The molecule has 0 radical (unpaired) electrons. The molecular formula is C13H19N3O3. The monoisotopic (exact) mass is 265 g/mol. The van der Waals surface area contributed by atoms with Gasteiger partial charge in [0.1, 0.15) is 18.5 Å². The molecule has 1 aromatic heterocycles. The van der Waals surface area contributed by atoms with Crippen LogP contribution in [-0.4, -0.2) is 41.9 Å². The van der Waals surface area contributed by atoms with Crippen LogP contribution in [0.2, 0.25) is 0 Å². The van der Waals surface area contributed by atoms with Crippen molar-refractivity contribution in [3.8, 4) is 5.88 Å². The van der Waals surface area contributed by atoms with Gasteiger partial charge in [-0.2, -0.15) is 4.98 Å². The molecule has 0 amide bonds. The predicted octanol–water partition coefficient (Wildman–Crippen LogP) is 0.403. The molecule has 0 bridgehead atoms. The second-order valence-corrected chi connectivity index (χ2v) is 5.28. The maximum Gasteiger partial charge on any atom is 0.254 e. The van der Waals surface area contributed by atoms with Crippen LogP contribution in [-0.2, 0) is 4.74 Å². The molecule has 2 aliphatic rings. The molecule has 6 heteroatoms. The summed E-state index contributed by atoms with van der Waals surface area (Å²) < 4.78 is 11.3. The molecule has 104 valence electrons. The maximum atomic E-state index is 11.5. The van der Waals surface area contributed by atoms with Gasteiger partial charge in [-0.25, -0.2) is 0 Å². The largest absolute Gasteiger partial charge is 0.475 e. The smallest absolute Gasteiger partial charge is 0.254 e. The van der Waals surface area contributed by atoms with E-state index in [9.17, 15) is 4.79 Å². The van der Waals surface area contributed by atoms with Gasteiger partial charge in [0, 0.05) is 19.0 Å². The van der Waals surface area contributed by atoms with Crippen LogP contribution in [0.1, 0.15) is 31.5 Å². The van der Waals surface area contributed by atoms with Crippen LogP contribution in [0.4, 0.5) is 0 Å². The van der Waals surface area contributed by atoms with Gasteiger partial charge in [-0.3, -0.25) is 4.79 Å². The number of rotatable bonds is 4. The Bertz CT molecular complexity index is 498. The molecule has 0 aromatic carbocycles. The van der Waals surface area contributed by atoms with Crippen molar-refractivity contribution >= 4 is 0 Å². The van der Waals surface area contributed by atoms with Crippen LogP contribution < -0.4 is 15.6 Å². The zero-order chi connectivity index (χ0) is 13.2. The third-order valence-electron chi connectivity index (χ3n) is 3.35. The van der Waals surface area contributed by atoms with E-state index in [-0.39, 0.29) is 17.8 Å². The van der Waals surface area contributed by atoms with Gasteiger partial charge in [0.2, 0.25) is 5.88 Å². The van der Waals surface area contributed by atoms with E-state index in [2.05, 4.69) is 15.3 Å². The van der Waals surface area contributed by atoms with E-state index in [0.29, 0.717) is 18.4 Å². The number of hydrogen-bond donors (Lipinski definition) is 2. The summed E-state index contributed by atoms with van der Waals surface area (Å²) in [5.41, 5.74) is -0.150. The lowest BCUT2D eigenvalue weighted by Gasteiger charge is -2.28. The summed E-state index contributed by atoms with van der Waals surface area (Å²) in [4.78, 5) is 18.6. The molecule has 2 atom stereocenters. The molecule has 2 heterocycles. The third kappa shape index (κ3) is 3.33. The number of hydrogen-bond acceptors (Lipinski definition) is 5. The van der Waals surface area contributed by atoms with E-state index in [0.717, 1.165) is 31.8 Å². The van der Waals surface area contributed by atoms with Gasteiger partial charge in [-0.05, 0) is 19.8 Å². The average Bonchev–Trinajstić information content (AvgIpc) is 3.20. The number of nitrogens with one attached hydrogen (secondary N) is 2. The van der Waals surface area contributed by atoms with Gasteiger partial charge in [0.25, 0.3) is 5.56 Å². The van der Waals surface area contributed by atoms with E-state index in [1.807, 2.05) is 6.92 Å². The van der Waals surface area contributed by atoms with Gasteiger partial charge < -0.3 is 19.8 Å². The van der Waals surface area contributed by atoms with E-state index < -0.39 is 0 Å². The third-order valence-corrected chi connectivity index (χ3v) is 3.35. The second-order valence-electron chi connectivity index (χ2n) is 5.28. The second kappa shape index (κ2) is 5.30. The van der Waals surface area contributed by atoms with Crippen molar-refractivity contribution in [2.24, 2.45) is 0 Å². The zero-order valence-electron chi connectivity index (χ0n) is 11.0. The van der Waals surface area contributed by atoms with Crippen LogP contribution in [0.3, 0.4) is 0 Å². The number of morpholine rings is 1. The van der Waals surface area contributed by atoms with Crippen molar-refractivity contribution in [2.45, 2.75) is 37.9 Å². The Morgan fingerprint density at radius 2 is 2.32 bits per heavy atom. The zero-order valence-corrected chi connectivity index (χ0v) is 11.0. The molecule has 1 saturated heterocycles. The predicted molar refractivity (Wildman–Crippen MR) is 69.5 cm³/mol. The van der Waals surface area contributed by atoms with Crippen molar-refractivity contribution in [2.75, 3.05) is 19.7 Å². The van der Waals surface area contributed by atoms with Crippen molar-refractivity contribution in [1.29, 1.82) is 0 Å².